The summed E-state index contributed by atoms with van der Waals surface area (Å²) in [6, 6.07) is 20.5. The average molecular weight is 446 g/mol. The number of hydrogen-bond acceptors (Lipinski definition) is 4. The number of methoxy groups -OCH3 is 2. The van der Waals surface area contributed by atoms with Gasteiger partial charge in [-0.15, -0.1) is 0 Å². The summed E-state index contributed by atoms with van der Waals surface area (Å²) in [6.07, 6.45) is 3.05. The smallest absolute Gasteiger partial charge is 0.120 e. The first-order valence-corrected chi connectivity index (χ1v) is 11.7. The fourth-order valence-electron chi connectivity index (χ4n) is 5.28. The van der Waals surface area contributed by atoms with Crippen LogP contribution in [0.1, 0.15) is 48.4 Å². The molecule has 4 nitrogen and oxygen atoms in total. The molecule has 33 heavy (non-hydrogen) atoms. The van der Waals surface area contributed by atoms with Gasteiger partial charge in [-0.3, -0.25) is 0 Å². The van der Waals surface area contributed by atoms with Gasteiger partial charge in [0.2, 0.25) is 0 Å². The van der Waals surface area contributed by atoms with Crippen LogP contribution in [-0.4, -0.2) is 32.9 Å². The van der Waals surface area contributed by atoms with Gasteiger partial charge >= 0.3 is 0 Å². The van der Waals surface area contributed by atoms with Gasteiger partial charge in [0.05, 0.1) is 14.2 Å². The number of ether oxygens (including phenoxy) is 2. The van der Waals surface area contributed by atoms with E-state index in [1.165, 1.54) is 27.9 Å². The Labute approximate surface area is 197 Å². The molecule has 1 aliphatic rings. The van der Waals surface area contributed by atoms with E-state index in [4.69, 9.17) is 9.47 Å². The molecule has 0 bridgehead atoms. The first-order chi connectivity index (χ1) is 15.8. The van der Waals surface area contributed by atoms with E-state index < -0.39 is 0 Å². The maximum absolute atomic E-state index is 9.57. The van der Waals surface area contributed by atoms with Crippen molar-refractivity contribution in [1.82, 2.24) is 0 Å². The Hall–Kier alpha value is -3.14. The van der Waals surface area contributed by atoms with E-state index in [9.17, 15) is 5.11 Å². The van der Waals surface area contributed by atoms with E-state index in [2.05, 4.69) is 62.2 Å². The van der Waals surface area contributed by atoms with Crippen LogP contribution in [0.3, 0.4) is 0 Å². The molecule has 1 atom stereocenters. The fraction of sp³-hybridized carbons (Fsp3) is 0.379. The number of rotatable bonds is 7. The van der Waals surface area contributed by atoms with Gasteiger partial charge in [0.15, 0.2) is 0 Å². The van der Waals surface area contributed by atoms with Crippen LogP contribution in [0.4, 0.5) is 5.69 Å². The van der Waals surface area contributed by atoms with E-state index in [1.807, 2.05) is 12.1 Å². The summed E-state index contributed by atoms with van der Waals surface area (Å²) >= 11 is 0. The minimum atomic E-state index is 0.000982. The van der Waals surface area contributed by atoms with E-state index in [1.54, 1.807) is 26.4 Å². The second-order valence-electron chi connectivity index (χ2n) is 9.60. The van der Waals surface area contributed by atoms with Crippen molar-refractivity contribution in [3.8, 4) is 17.2 Å². The molecule has 0 heterocycles. The van der Waals surface area contributed by atoms with Crippen molar-refractivity contribution in [3.63, 3.8) is 0 Å². The van der Waals surface area contributed by atoms with Crippen molar-refractivity contribution < 1.29 is 14.6 Å². The molecule has 0 aromatic heterocycles. The highest BCUT2D eigenvalue weighted by atomic mass is 16.5. The second-order valence-corrected chi connectivity index (χ2v) is 9.60. The molecule has 174 valence electrons. The van der Waals surface area contributed by atoms with Gasteiger partial charge in [-0.1, -0.05) is 38.1 Å². The molecule has 0 spiro atoms. The van der Waals surface area contributed by atoms with Crippen molar-refractivity contribution in [2.45, 2.75) is 44.4 Å². The summed E-state index contributed by atoms with van der Waals surface area (Å²) in [5, 5.41) is 9.57. The lowest BCUT2D eigenvalue weighted by molar-refractivity contribution is 0.360. The number of aryl methyl sites for hydroxylation is 1. The lowest BCUT2D eigenvalue weighted by Gasteiger charge is -2.42. The highest BCUT2D eigenvalue weighted by Gasteiger charge is 2.39. The summed E-state index contributed by atoms with van der Waals surface area (Å²) in [5.41, 5.74) is 6.61. The highest BCUT2D eigenvalue weighted by Crippen LogP contribution is 2.50. The molecule has 0 saturated carbocycles. The zero-order valence-electron chi connectivity index (χ0n) is 20.4. The number of anilines is 1. The SMILES string of the molecule is COc1ccc2c(c1)CCC(c1ccc(OC)cc1N(C)CCc1ccc(O)cc1)C2(C)C. The van der Waals surface area contributed by atoms with E-state index in [0.717, 1.165) is 37.3 Å². The van der Waals surface area contributed by atoms with Gasteiger partial charge < -0.3 is 19.5 Å². The van der Waals surface area contributed by atoms with Gasteiger partial charge in [-0.2, -0.15) is 0 Å². The third kappa shape index (κ3) is 4.66. The maximum atomic E-state index is 9.57. The first-order valence-electron chi connectivity index (χ1n) is 11.7. The molecule has 1 aliphatic carbocycles. The normalized spacial score (nSPS) is 16.7. The van der Waals surface area contributed by atoms with Crippen molar-refractivity contribution in [1.29, 1.82) is 0 Å². The Balaban J connectivity index is 1.65. The number of phenolic OH excluding ortho intramolecular Hbond substituents is 1. The number of nitrogens with zero attached hydrogens (tertiary/aromatic N) is 1. The Morgan fingerprint density at radius 3 is 2.30 bits per heavy atom. The summed E-state index contributed by atoms with van der Waals surface area (Å²) in [4.78, 5) is 2.34. The molecule has 0 saturated heterocycles. The highest BCUT2D eigenvalue weighted by molar-refractivity contribution is 5.60. The van der Waals surface area contributed by atoms with Crippen LogP contribution in [-0.2, 0) is 18.3 Å². The largest absolute Gasteiger partial charge is 0.508 e. The molecule has 1 unspecified atom stereocenters. The third-order valence-corrected chi connectivity index (χ3v) is 7.28. The van der Waals surface area contributed by atoms with E-state index >= 15 is 0 Å². The standard InChI is InChI=1S/C29H35NO3/c1-29(2)26-15-12-23(32-4)18-21(26)8-14-27(29)25-13-11-24(33-5)19-28(25)30(3)17-16-20-6-9-22(31)10-7-20/h6-7,9-13,15,18-19,27,31H,8,14,16-17H2,1-5H3. The van der Waals surface area contributed by atoms with Gasteiger partial charge in [-0.25, -0.2) is 0 Å². The Kier molecular flexibility index (Phi) is 6.55. The molecule has 0 radical (unpaired) electrons. The summed E-state index contributed by atoms with van der Waals surface area (Å²) in [7, 11) is 5.62. The Morgan fingerprint density at radius 2 is 1.61 bits per heavy atom. The van der Waals surface area contributed by atoms with Crippen molar-refractivity contribution >= 4 is 5.69 Å². The molecular weight excluding hydrogens is 410 g/mol. The lowest BCUT2D eigenvalue weighted by Crippen LogP contribution is -2.34. The van der Waals surface area contributed by atoms with Crippen LogP contribution >= 0.6 is 0 Å². The van der Waals surface area contributed by atoms with E-state index in [-0.39, 0.29) is 5.41 Å². The first kappa shape index (κ1) is 23.0. The molecule has 4 heteroatoms. The van der Waals surface area contributed by atoms with Crippen LogP contribution in [0.2, 0.25) is 0 Å². The Bertz CT molecular complexity index is 1100. The molecule has 1 N–H and O–H groups in total. The summed E-state index contributed by atoms with van der Waals surface area (Å²) in [5.74, 6) is 2.51. The van der Waals surface area contributed by atoms with E-state index in [0.29, 0.717) is 11.7 Å². The molecule has 3 aromatic carbocycles. The predicted molar refractivity (Wildman–Crippen MR) is 135 cm³/mol. The molecule has 0 amide bonds. The zero-order chi connectivity index (χ0) is 23.6. The minimum Gasteiger partial charge on any atom is -0.508 e. The number of likely N-dealkylation sites (N-methyl/N-ethyl adjacent to an activating group) is 1. The third-order valence-electron chi connectivity index (χ3n) is 7.28. The molecule has 0 aliphatic heterocycles. The monoisotopic (exact) mass is 445 g/mol. The lowest BCUT2D eigenvalue weighted by atomic mass is 9.63. The number of fused-ring (bicyclic) bond motifs is 1. The van der Waals surface area contributed by atoms with Gasteiger partial charge in [0, 0.05) is 25.3 Å². The molecule has 0 fully saturated rings. The van der Waals surface area contributed by atoms with Gasteiger partial charge in [0.1, 0.15) is 17.2 Å². The number of hydrogen-bond donors (Lipinski definition) is 1. The predicted octanol–water partition coefficient (Wildman–Crippen LogP) is 6.10. The van der Waals surface area contributed by atoms with Crippen LogP contribution in [0.15, 0.2) is 60.7 Å². The van der Waals surface area contributed by atoms with Crippen molar-refractivity contribution in [2.24, 2.45) is 0 Å². The van der Waals surface area contributed by atoms with Crippen molar-refractivity contribution in [3.05, 3.63) is 82.9 Å². The number of benzene rings is 3. The van der Waals surface area contributed by atoms with Crippen LogP contribution < -0.4 is 14.4 Å². The van der Waals surface area contributed by atoms with Crippen LogP contribution in [0.25, 0.3) is 0 Å². The van der Waals surface area contributed by atoms with Crippen molar-refractivity contribution in [2.75, 3.05) is 32.7 Å². The minimum absolute atomic E-state index is 0.000982. The molecule has 4 rings (SSSR count). The topological polar surface area (TPSA) is 41.9 Å². The maximum Gasteiger partial charge on any atom is 0.120 e. The van der Waals surface area contributed by atoms with Crippen LogP contribution in [0, 0.1) is 0 Å². The quantitative estimate of drug-likeness (QED) is 0.477. The number of phenols is 1. The molecular formula is C29H35NO3. The average Bonchev–Trinajstić information content (AvgIpc) is 2.83. The summed E-state index contributed by atoms with van der Waals surface area (Å²) in [6.45, 7) is 5.62. The number of aromatic hydroxyl groups is 1. The fourth-order valence-corrected chi connectivity index (χ4v) is 5.28. The van der Waals surface area contributed by atoms with Crippen LogP contribution in [0.5, 0.6) is 17.2 Å². The second kappa shape index (κ2) is 9.38. The zero-order valence-corrected chi connectivity index (χ0v) is 20.4. The molecule has 3 aromatic rings. The Morgan fingerprint density at radius 1 is 0.939 bits per heavy atom. The summed E-state index contributed by atoms with van der Waals surface area (Å²) < 4.78 is 11.1. The van der Waals surface area contributed by atoms with Gasteiger partial charge in [0.25, 0.3) is 0 Å². The van der Waals surface area contributed by atoms with Gasteiger partial charge in [-0.05, 0) is 83.2 Å².